The summed E-state index contributed by atoms with van der Waals surface area (Å²) >= 11 is 0. The van der Waals surface area contributed by atoms with Crippen LogP contribution >= 0.6 is 0 Å². The van der Waals surface area contributed by atoms with Crippen molar-refractivity contribution in [3.63, 3.8) is 0 Å². The number of carbonyl (C=O) groups excluding carboxylic acids is 1. The van der Waals surface area contributed by atoms with Crippen LogP contribution < -0.4 is 15.4 Å². The molecular weight excluding hydrogens is 266 g/mol. The number of hydrogen-bond donors (Lipinski definition) is 2. The van der Waals surface area contributed by atoms with Crippen LogP contribution in [-0.4, -0.2) is 18.0 Å². The highest BCUT2D eigenvalue weighted by atomic mass is 16.5. The molecule has 0 radical (unpaired) electrons. The van der Waals surface area contributed by atoms with E-state index in [4.69, 9.17) is 4.74 Å². The summed E-state index contributed by atoms with van der Waals surface area (Å²) in [6, 6.07) is 9.54. The molecule has 2 rings (SSSR count). The summed E-state index contributed by atoms with van der Waals surface area (Å²) in [6.45, 7) is 3.82. The molecule has 2 aromatic rings. The standard InChI is InChI=1S/C16H19N3O2/c1-4-16(20)19-15-8-6-12(10-17-15)18-13-9-11(2)5-7-14(13)21-3/h5-10,18H,4H2,1-3H3,(H,17,19,20). The van der Waals surface area contributed by atoms with Gasteiger partial charge in [0, 0.05) is 6.42 Å². The second-order valence-electron chi connectivity index (χ2n) is 4.66. The molecule has 1 heterocycles. The quantitative estimate of drug-likeness (QED) is 0.882. The van der Waals surface area contributed by atoms with Crippen molar-refractivity contribution in [3.05, 3.63) is 42.1 Å². The summed E-state index contributed by atoms with van der Waals surface area (Å²) in [5.74, 6) is 1.26. The number of anilines is 3. The van der Waals surface area contributed by atoms with Crippen molar-refractivity contribution in [1.29, 1.82) is 0 Å². The van der Waals surface area contributed by atoms with Gasteiger partial charge >= 0.3 is 0 Å². The molecule has 1 aromatic heterocycles. The van der Waals surface area contributed by atoms with Crippen molar-refractivity contribution in [1.82, 2.24) is 4.98 Å². The van der Waals surface area contributed by atoms with Crippen LogP contribution in [0.3, 0.4) is 0 Å². The molecular formula is C16H19N3O2. The first kappa shape index (κ1) is 14.8. The van der Waals surface area contributed by atoms with Gasteiger partial charge in [-0.2, -0.15) is 0 Å². The molecule has 0 aliphatic heterocycles. The Kier molecular flexibility index (Phi) is 4.77. The Labute approximate surface area is 124 Å². The largest absolute Gasteiger partial charge is 0.495 e. The Morgan fingerprint density at radius 2 is 2.10 bits per heavy atom. The molecule has 0 aliphatic rings. The molecule has 5 heteroatoms. The lowest BCUT2D eigenvalue weighted by atomic mass is 10.2. The van der Waals surface area contributed by atoms with Gasteiger partial charge in [-0.05, 0) is 36.8 Å². The number of hydrogen-bond acceptors (Lipinski definition) is 4. The number of nitrogens with one attached hydrogen (secondary N) is 2. The van der Waals surface area contributed by atoms with Gasteiger partial charge in [0.1, 0.15) is 11.6 Å². The lowest BCUT2D eigenvalue weighted by molar-refractivity contribution is -0.115. The van der Waals surface area contributed by atoms with Gasteiger partial charge in [0.15, 0.2) is 0 Å². The van der Waals surface area contributed by atoms with E-state index in [0.29, 0.717) is 12.2 Å². The number of nitrogens with zero attached hydrogens (tertiary/aromatic N) is 1. The van der Waals surface area contributed by atoms with Crippen LogP contribution in [0.2, 0.25) is 0 Å². The maximum atomic E-state index is 11.3. The number of benzene rings is 1. The van der Waals surface area contributed by atoms with E-state index >= 15 is 0 Å². The van der Waals surface area contributed by atoms with E-state index < -0.39 is 0 Å². The minimum Gasteiger partial charge on any atom is -0.495 e. The summed E-state index contributed by atoms with van der Waals surface area (Å²) in [6.07, 6.45) is 2.11. The average Bonchev–Trinajstić information content (AvgIpc) is 2.49. The lowest BCUT2D eigenvalue weighted by Gasteiger charge is -2.12. The lowest BCUT2D eigenvalue weighted by Crippen LogP contribution is -2.10. The molecule has 0 saturated heterocycles. The number of carbonyl (C=O) groups is 1. The zero-order chi connectivity index (χ0) is 15.2. The second-order valence-corrected chi connectivity index (χ2v) is 4.66. The Morgan fingerprint density at radius 1 is 1.29 bits per heavy atom. The van der Waals surface area contributed by atoms with Gasteiger partial charge in [-0.15, -0.1) is 0 Å². The maximum absolute atomic E-state index is 11.3. The Hall–Kier alpha value is -2.56. The molecule has 0 unspecified atom stereocenters. The predicted molar refractivity (Wildman–Crippen MR) is 84.2 cm³/mol. The van der Waals surface area contributed by atoms with E-state index in [9.17, 15) is 4.79 Å². The van der Waals surface area contributed by atoms with Gasteiger partial charge in [-0.1, -0.05) is 13.0 Å². The predicted octanol–water partition coefficient (Wildman–Crippen LogP) is 3.49. The first-order valence-corrected chi connectivity index (χ1v) is 6.80. The second kappa shape index (κ2) is 6.74. The van der Waals surface area contributed by atoms with E-state index in [0.717, 1.165) is 22.7 Å². The Morgan fingerprint density at radius 3 is 2.71 bits per heavy atom. The highest BCUT2D eigenvalue weighted by molar-refractivity contribution is 5.89. The van der Waals surface area contributed by atoms with E-state index in [1.807, 2.05) is 31.2 Å². The van der Waals surface area contributed by atoms with Gasteiger partial charge in [-0.25, -0.2) is 4.98 Å². The van der Waals surface area contributed by atoms with Crippen LogP contribution in [0.4, 0.5) is 17.2 Å². The van der Waals surface area contributed by atoms with E-state index in [1.165, 1.54) is 0 Å². The summed E-state index contributed by atoms with van der Waals surface area (Å²) < 4.78 is 5.32. The SMILES string of the molecule is CCC(=O)Nc1ccc(Nc2cc(C)ccc2OC)cn1. The summed E-state index contributed by atoms with van der Waals surface area (Å²) in [7, 11) is 1.64. The zero-order valence-electron chi connectivity index (χ0n) is 12.4. The van der Waals surface area contributed by atoms with Crippen LogP contribution in [0.1, 0.15) is 18.9 Å². The fraction of sp³-hybridized carbons (Fsp3) is 0.250. The third kappa shape index (κ3) is 3.95. The van der Waals surface area contributed by atoms with E-state index in [1.54, 1.807) is 26.3 Å². The third-order valence-electron chi connectivity index (χ3n) is 2.99. The molecule has 1 amide bonds. The molecule has 5 nitrogen and oxygen atoms in total. The summed E-state index contributed by atoms with van der Waals surface area (Å²) in [4.78, 5) is 15.5. The van der Waals surface area contributed by atoms with Crippen LogP contribution in [0.25, 0.3) is 0 Å². The fourth-order valence-corrected chi connectivity index (χ4v) is 1.85. The molecule has 2 N–H and O–H groups in total. The highest BCUT2D eigenvalue weighted by Gasteiger charge is 2.05. The molecule has 0 fully saturated rings. The van der Waals surface area contributed by atoms with Crippen LogP contribution in [-0.2, 0) is 4.79 Å². The van der Waals surface area contributed by atoms with Crippen molar-refractivity contribution >= 4 is 23.1 Å². The number of amides is 1. The van der Waals surface area contributed by atoms with Crippen LogP contribution in [0, 0.1) is 6.92 Å². The number of aromatic nitrogens is 1. The summed E-state index contributed by atoms with van der Waals surface area (Å²) in [5, 5.41) is 5.97. The van der Waals surface area contributed by atoms with E-state index in [2.05, 4.69) is 15.6 Å². The topological polar surface area (TPSA) is 63.2 Å². The van der Waals surface area contributed by atoms with Crippen molar-refractivity contribution in [2.24, 2.45) is 0 Å². The number of pyridine rings is 1. The number of aryl methyl sites for hydroxylation is 1. The van der Waals surface area contributed by atoms with Crippen molar-refractivity contribution in [2.45, 2.75) is 20.3 Å². The molecule has 110 valence electrons. The smallest absolute Gasteiger partial charge is 0.225 e. The molecule has 1 aromatic carbocycles. The van der Waals surface area contributed by atoms with Crippen LogP contribution in [0.15, 0.2) is 36.5 Å². The van der Waals surface area contributed by atoms with Gasteiger partial charge < -0.3 is 15.4 Å². The normalized spacial score (nSPS) is 10.0. The van der Waals surface area contributed by atoms with Gasteiger partial charge in [0.05, 0.1) is 24.7 Å². The van der Waals surface area contributed by atoms with Crippen molar-refractivity contribution < 1.29 is 9.53 Å². The van der Waals surface area contributed by atoms with Gasteiger partial charge in [-0.3, -0.25) is 4.79 Å². The Balaban J connectivity index is 2.13. The minimum absolute atomic E-state index is 0.0523. The number of ether oxygens (including phenoxy) is 1. The molecule has 0 saturated carbocycles. The zero-order valence-corrected chi connectivity index (χ0v) is 12.4. The van der Waals surface area contributed by atoms with Gasteiger partial charge in [0.2, 0.25) is 5.91 Å². The first-order valence-electron chi connectivity index (χ1n) is 6.80. The molecule has 21 heavy (non-hydrogen) atoms. The number of methoxy groups -OCH3 is 1. The minimum atomic E-state index is -0.0523. The Bertz CT molecular complexity index is 624. The monoisotopic (exact) mass is 285 g/mol. The molecule has 0 spiro atoms. The maximum Gasteiger partial charge on any atom is 0.225 e. The van der Waals surface area contributed by atoms with Crippen LogP contribution in [0.5, 0.6) is 5.75 Å². The molecule has 0 atom stereocenters. The van der Waals surface area contributed by atoms with Crippen molar-refractivity contribution in [2.75, 3.05) is 17.7 Å². The molecule has 0 aliphatic carbocycles. The highest BCUT2D eigenvalue weighted by Crippen LogP contribution is 2.28. The number of rotatable bonds is 5. The summed E-state index contributed by atoms with van der Waals surface area (Å²) in [5.41, 5.74) is 2.84. The van der Waals surface area contributed by atoms with E-state index in [-0.39, 0.29) is 5.91 Å². The van der Waals surface area contributed by atoms with Crippen molar-refractivity contribution in [3.8, 4) is 5.75 Å². The molecule has 0 bridgehead atoms. The van der Waals surface area contributed by atoms with Gasteiger partial charge in [0.25, 0.3) is 0 Å². The first-order chi connectivity index (χ1) is 10.1. The average molecular weight is 285 g/mol. The fourth-order valence-electron chi connectivity index (χ4n) is 1.85. The third-order valence-corrected chi connectivity index (χ3v) is 2.99.